The van der Waals surface area contributed by atoms with E-state index in [2.05, 4.69) is 26.0 Å². The molecule has 2 heteroatoms. The highest BCUT2D eigenvalue weighted by Crippen LogP contribution is 2.27. The van der Waals surface area contributed by atoms with Gasteiger partial charge in [-0.3, -0.25) is 5.41 Å². The van der Waals surface area contributed by atoms with E-state index < -0.39 is 0 Å². The minimum absolute atomic E-state index is 0.111. The smallest absolute Gasteiger partial charge is 0.122 e. The molecule has 0 spiro atoms. The van der Waals surface area contributed by atoms with Crippen LogP contribution in [0.5, 0.6) is 0 Å². The minimum atomic E-state index is 0.111. The Kier molecular flexibility index (Phi) is 2.96. The molecule has 0 fully saturated rings. The second kappa shape index (κ2) is 4.42. The number of nitrogen functional groups attached to an aromatic ring is 1. The lowest BCUT2D eigenvalue weighted by atomic mass is 9.95. The van der Waals surface area contributed by atoms with Crippen molar-refractivity contribution in [1.82, 2.24) is 0 Å². The summed E-state index contributed by atoms with van der Waals surface area (Å²) in [5, 5.41) is 7.50. The Balaban J connectivity index is 2.63. The van der Waals surface area contributed by atoms with Crippen LogP contribution in [0.1, 0.15) is 16.7 Å². The molecule has 2 nitrogen and oxygen atoms in total. The molecule has 0 atom stereocenters. The number of nitrogens with two attached hydrogens (primary N) is 1. The Morgan fingerprint density at radius 2 is 1.59 bits per heavy atom. The van der Waals surface area contributed by atoms with Crippen molar-refractivity contribution in [2.75, 3.05) is 0 Å². The van der Waals surface area contributed by atoms with Crippen molar-refractivity contribution >= 4 is 5.84 Å². The highest BCUT2D eigenvalue weighted by molar-refractivity contribution is 5.96. The Morgan fingerprint density at radius 1 is 0.941 bits per heavy atom. The fourth-order valence-corrected chi connectivity index (χ4v) is 1.95. The first-order chi connectivity index (χ1) is 8.09. The van der Waals surface area contributed by atoms with Gasteiger partial charge < -0.3 is 5.73 Å². The summed E-state index contributed by atoms with van der Waals surface area (Å²) in [5.74, 6) is 0.111. The van der Waals surface area contributed by atoms with Gasteiger partial charge in [0.25, 0.3) is 0 Å². The van der Waals surface area contributed by atoms with Crippen LogP contribution in [0, 0.1) is 19.3 Å². The molecule has 3 N–H and O–H groups in total. The van der Waals surface area contributed by atoms with Gasteiger partial charge in [-0.2, -0.15) is 0 Å². The third-order valence-corrected chi connectivity index (χ3v) is 2.98. The van der Waals surface area contributed by atoms with Crippen molar-refractivity contribution in [3.05, 3.63) is 59.2 Å². The van der Waals surface area contributed by atoms with E-state index in [0.717, 1.165) is 11.1 Å². The summed E-state index contributed by atoms with van der Waals surface area (Å²) in [6.45, 7) is 4.17. The Morgan fingerprint density at radius 3 is 2.24 bits per heavy atom. The van der Waals surface area contributed by atoms with Crippen molar-refractivity contribution in [2.45, 2.75) is 13.8 Å². The molecule has 2 rings (SSSR count). The number of nitrogens with one attached hydrogen (secondary N) is 1. The van der Waals surface area contributed by atoms with Gasteiger partial charge in [-0.05, 0) is 42.2 Å². The van der Waals surface area contributed by atoms with E-state index in [4.69, 9.17) is 11.1 Å². The van der Waals surface area contributed by atoms with Gasteiger partial charge in [-0.15, -0.1) is 0 Å². The number of benzene rings is 2. The second-order valence-corrected chi connectivity index (χ2v) is 4.26. The molecular weight excluding hydrogens is 208 g/mol. The van der Waals surface area contributed by atoms with E-state index in [1.54, 1.807) is 0 Å². The third kappa shape index (κ3) is 2.21. The van der Waals surface area contributed by atoms with E-state index in [0.29, 0.717) is 0 Å². The first-order valence-electron chi connectivity index (χ1n) is 5.60. The maximum absolute atomic E-state index is 7.50. The third-order valence-electron chi connectivity index (χ3n) is 2.98. The van der Waals surface area contributed by atoms with Crippen LogP contribution in [0.2, 0.25) is 0 Å². The summed E-state index contributed by atoms with van der Waals surface area (Å²) < 4.78 is 0. The Hall–Kier alpha value is -2.09. The van der Waals surface area contributed by atoms with Gasteiger partial charge in [-0.25, -0.2) is 0 Å². The van der Waals surface area contributed by atoms with Gasteiger partial charge in [0.1, 0.15) is 5.84 Å². The average Bonchev–Trinajstić information content (AvgIpc) is 2.30. The van der Waals surface area contributed by atoms with Gasteiger partial charge in [0, 0.05) is 5.56 Å². The fraction of sp³-hybridized carbons (Fsp3) is 0.133. The van der Waals surface area contributed by atoms with Crippen LogP contribution in [0.3, 0.4) is 0 Å². The van der Waals surface area contributed by atoms with E-state index >= 15 is 0 Å². The topological polar surface area (TPSA) is 49.9 Å². The van der Waals surface area contributed by atoms with Crippen LogP contribution in [-0.4, -0.2) is 5.84 Å². The van der Waals surface area contributed by atoms with Crippen LogP contribution in [-0.2, 0) is 0 Å². The lowest BCUT2D eigenvalue weighted by Gasteiger charge is -2.11. The SMILES string of the molecule is Cc1ccccc1-c1cc(C(=N)N)ccc1C. The largest absolute Gasteiger partial charge is 0.384 e. The van der Waals surface area contributed by atoms with Gasteiger partial charge in [0.2, 0.25) is 0 Å². The molecule has 0 unspecified atom stereocenters. The zero-order chi connectivity index (χ0) is 12.4. The predicted octanol–water partition coefficient (Wildman–Crippen LogP) is 3.25. The molecule has 0 heterocycles. The lowest BCUT2D eigenvalue weighted by Crippen LogP contribution is -2.11. The molecular formula is C15H16N2. The Bertz CT molecular complexity index is 571. The predicted molar refractivity (Wildman–Crippen MR) is 72.4 cm³/mol. The highest BCUT2D eigenvalue weighted by Gasteiger charge is 2.06. The second-order valence-electron chi connectivity index (χ2n) is 4.26. The van der Waals surface area contributed by atoms with Crippen LogP contribution < -0.4 is 5.73 Å². The first kappa shape index (κ1) is 11.4. The molecule has 0 saturated heterocycles. The number of amidine groups is 1. The van der Waals surface area contributed by atoms with Gasteiger partial charge in [0.05, 0.1) is 0 Å². The van der Waals surface area contributed by atoms with Gasteiger partial charge in [0.15, 0.2) is 0 Å². The molecule has 86 valence electrons. The molecule has 0 aromatic heterocycles. The minimum Gasteiger partial charge on any atom is -0.384 e. The molecule has 2 aromatic carbocycles. The lowest BCUT2D eigenvalue weighted by molar-refractivity contribution is 1.38. The monoisotopic (exact) mass is 224 g/mol. The van der Waals surface area contributed by atoms with Crippen molar-refractivity contribution in [1.29, 1.82) is 5.41 Å². The molecule has 0 radical (unpaired) electrons. The fourth-order valence-electron chi connectivity index (χ4n) is 1.95. The van der Waals surface area contributed by atoms with E-state index in [1.165, 1.54) is 16.7 Å². The maximum atomic E-state index is 7.50. The van der Waals surface area contributed by atoms with Crippen molar-refractivity contribution in [2.24, 2.45) is 5.73 Å². The number of aryl methyl sites for hydroxylation is 2. The summed E-state index contributed by atoms with van der Waals surface area (Å²) in [6.07, 6.45) is 0. The van der Waals surface area contributed by atoms with E-state index in [-0.39, 0.29) is 5.84 Å². The van der Waals surface area contributed by atoms with E-state index in [9.17, 15) is 0 Å². The maximum Gasteiger partial charge on any atom is 0.122 e. The molecule has 0 aliphatic carbocycles. The summed E-state index contributed by atoms with van der Waals surface area (Å²) in [7, 11) is 0. The van der Waals surface area contributed by atoms with E-state index in [1.807, 2.05) is 30.3 Å². The number of rotatable bonds is 2. The van der Waals surface area contributed by atoms with Crippen molar-refractivity contribution in [3.8, 4) is 11.1 Å². The van der Waals surface area contributed by atoms with Crippen LogP contribution in [0.25, 0.3) is 11.1 Å². The zero-order valence-corrected chi connectivity index (χ0v) is 10.1. The average molecular weight is 224 g/mol. The Labute approximate surface area is 102 Å². The molecule has 0 bridgehead atoms. The highest BCUT2D eigenvalue weighted by atomic mass is 14.7. The van der Waals surface area contributed by atoms with Crippen LogP contribution in [0.15, 0.2) is 42.5 Å². The molecule has 17 heavy (non-hydrogen) atoms. The number of hydrogen-bond acceptors (Lipinski definition) is 1. The van der Waals surface area contributed by atoms with Gasteiger partial charge in [-0.1, -0.05) is 36.4 Å². The summed E-state index contributed by atoms with van der Waals surface area (Å²) >= 11 is 0. The summed E-state index contributed by atoms with van der Waals surface area (Å²) in [6, 6.07) is 14.1. The van der Waals surface area contributed by atoms with Crippen LogP contribution >= 0.6 is 0 Å². The normalized spacial score (nSPS) is 10.2. The van der Waals surface area contributed by atoms with Crippen LogP contribution in [0.4, 0.5) is 0 Å². The first-order valence-corrected chi connectivity index (χ1v) is 5.60. The van der Waals surface area contributed by atoms with Crippen molar-refractivity contribution < 1.29 is 0 Å². The summed E-state index contributed by atoms with van der Waals surface area (Å²) in [4.78, 5) is 0. The molecule has 2 aromatic rings. The van der Waals surface area contributed by atoms with Crippen molar-refractivity contribution in [3.63, 3.8) is 0 Å². The molecule has 0 saturated carbocycles. The molecule has 0 aliphatic rings. The molecule has 0 amide bonds. The number of hydrogen-bond donors (Lipinski definition) is 2. The standard InChI is InChI=1S/C15H16N2/c1-10-5-3-4-6-13(10)14-9-12(15(16)17)8-7-11(14)2/h3-9H,1-2H3,(H3,16,17). The summed E-state index contributed by atoms with van der Waals surface area (Å²) in [5.41, 5.74) is 11.1. The quantitative estimate of drug-likeness (QED) is 0.597. The molecule has 0 aliphatic heterocycles. The zero-order valence-electron chi connectivity index (χ0n) is 10.1. The van der Waals surface area contributed by atoms with Gasteiger partial charge >= 0.3 is 0 Å².